The highest BCUT2D eigenvalue weighted by Gasteiger charge is 2.38. The quantitative estimate of drug-likeness (QED) is 0.368. The number of sulfone groups is 1. The van der Waals surface area contributed by atoms with E-state index in [1.165, 1.54) is 58.5 Å². The van der Waals surface area contributed by atoms with E-state index in [-0.39, 0.29) is 28.5 Å². The van der Waals surface area contributed by atoms with Crippen LogP contribution < -0.4 is 9.80 Å². The Bertz CT molecular complexity index is 1610. The SMILES string of the molecule is CN1c2cc(-c3ccc(S(C)(=O)=O)cc3)c(F)cc2N(Cc2ccc(-c3nnc(C(F)(F)F)o3)cn2)C1O. The predicted molar refractivity (Wildman–Crippen MR) is 128 cm³/mol. The van der Waals surface area contributed by atoms with Crippen LogP contribution in [0.4, 0.5) is 28.9 Å². The molecule has 2 aromatic heterocycles. The molecule has 1 aliphatic heterocycles. The Kier molecular flexibility index (Phi) is 6.10. The standard InChI is InChI=1S/C24H19F4N5O4S/c1-32-19-9-17(13-4-7-16(8-5-13)38(2,35)36)18(25)10-20(19)33(23(32)34)12-15-6-3-14(11-29-15)21-30-31-22(37-21)24(26,27)28/h3-11,23,34H,12H2,1-2H3. The summed E-state index contributed by atoms with van der Waals surface area (Å²) in [6, 6.07) is 11.6. The predicted octanol–water partition coefficient (Wildman–Crippen LogP) is 4.09. The molecule has 198 valence electrons. The molecule has 0 amide bonds. The Balaban J connectivity index is 1.40. The summed E-state index contributed by atoms with van der Waals surface area (Å²) in [5, 5.41) is 17.2. The van der Waals surface area contributed by atoms with Crippen LogP contribution in [0.15, 0.2) is 64.0 Å². The molecule has 1 aliphatic rings. The highest BCUT2D eigenvalue weighted by atomic mass is 32.2. The molecule has 2 aromatic carbocycles. The maximum atomic E-state index is 15.2. The third kappa shape index (κ3) is 4.67. The number of rotatable bonds is 5. The number of nitrogens with zero attached hydrogens (tertiary/aromatic N) is 5. The monoisotopic (exact) mass is 549 g/mol. The summed E-state index contributed by atoms with van der Waals surface area (Å²) in [5.74, 6) is -2.39. The summed E-state index contributed by atoms with van der Waals surface area (Å²) in [6.45, 7) is 0.0538. The van der Waals surface area contributed by atoms with Gasteiger partial charge in [-0.15, -0.1) is 10.2 Å². The van der Waals surface area contributed by atoms with Gasteiger partial charge in [0.15, 0.2) is 9.84 Å². The number of pyridine rings is 1. The lowest BCUT2D eigenvalue weighted by Gasteiger charge is -2.25. The molecule has 0 spiro atoms. The molecule has 0 saturated carbocycles. The van der Waals surface area contributed by atoms with Gasteiger partial charge in [-0.25, -0.2) is 12.8 Å². The van der Waals surface area contributed by atoms with E-state index in [9.17, 15) is 26.7 Å². The lowest BCUT2D eigenvalue weighted by Crippen LogP contribution is -2.40. The minimum Gasteiger partial charge on any atom is -0.413 e. The van der Waals surface area contributed by atoms with Crippen LogP contribution in [0.5, 0.6) is 0 Å². The van der Waals surface area contributed by atoms with Crippen LogP contribution in [0.2, 0.25) is 0 Å². The van der Waals surface area contributed by atoms with E-state index in [0.717, 1.165) is 6.26 Å². The van der Waals surface area contributed by atoms with Crippen molar-refractivity contribution in [1.29, 1.82) is 0 Å². The number of aliphatic hydroxyl groups is 1. The van der Waals surface area contributed by atoms with Crippen molar-refractivity contribution in [3.05, 3.63) is 72.1 Å². The van der Waals surface area contributed by atoms with Gasteiger partial charge >= 0.3 is 12.1 Å². The lowest BCUT2D eigenvalue weighted by atomic mass is 10.0. The number of alkyl halides is 3. The number of anilines is 2. The third-order valence-electron chi connectivity index (χ3n) is 6.04. The van der Waals surface area contributed by atoms with Crippen molar-refractivity contribution in [2.24, 2.45) is 0 Å². The smallest absolute Gasteiger partial charge is 0.413 e. The number of fused-ring (bicyclic) bond motifs is 1. The van der Waals surface area contributed by atoms with Gasteiger partial charge < -0.3 is 19.3 Å². The second-order valence-corrected chi connectivity index (χ2v) is 10.7. The molecule has 9 nitrogen and oxygen atoms in total. The Morgan fingerprint density at radius 3 is 2.29 bits per heavy atom. The average Bonchev–Trinajstić information content (AvgIpc) is 3.44. The van der Waals surface area contributed by atoms with E-state index in [0.29, 0.717) is 22.6 Å². The number of aliphatic hydroxyl groups excluding tert-OH is 1. The van der Waals surface area contributed by atoms with Gasteiger partial charge in [0.2, 0.25) is 12.2 Å². The largest absolute Gasteiger partial charge is 0.470 e. The maximum Gasteiger partial charge on any atom is 0.470 e. The van der Waals surface area contributed by atoms with Crippen LogP contribution in [0.1, 0.15) is 11.6 Å². The first-order valence-corrected chi connectivity index (χ1v) is 12.9. The van der Waals surface area contributed by atoms with Crippen molar-refractivity contribution in [3.63, 3.8) is 0 Å². The van der Waals surface area contributed by atoms with E-state index in [1.807, 2.05) is 0 Å². The van der Waals surface area contributed by atoms with Gasteiger partial charge in [0.25, 0.3) is 0 Å². The van der Waals surface area contributed by atoms with E-state index >= 15 is 4.39 Å². The van der Waals surface area contributed by atoms with Gasteiger partial charge in [0, 0.05) is 31.1 Å². The van der Waals surface area contributed by atoms with Gasteiger partial charge in [0.1, 0.15) is 5.82 Å². The zero-order valence-electron chi connectivity index (χ0n) is 19.8. The summed E-state index contributed by atoms with van der Waals surface area (Å²) >= 11 is 0. The highest BCUT2D eigenvalue weighted by Crippen LogP contribution is 2.42. The van der Waals surface area contributed by atoms with Crippen LogP contribution in [-0.2, 0) is 22.6 Å². The zero-order chi connectivity index (χ0) is 27.4. The first kappa shape index (κ1) is 25.6. The topological polar surface area (TPSA) is 113 Å². The molecule has 0 fully saturated rings. The minimum atomic E-state index is -4.77. The molecule has 0 aliphatic carbocycles. The van der Waals surface area contributed by atoms with Crippen LogP contribution in [0.3, 0.4) is 0 Å². The summed E-state index contributed by atoms with van der Waals surface area (Å²) in [4.78, 5) is 7.37. The highest BCUT2D eigenvalue weighted by molar-refractivity contribution is 7.90. The van der Waals surface area contributed by atoms with E-state index in [2.05, 4.69) is 19.6 Å². The third-order valence-corrected chi connectivity index (χ3v) is 7.17. The molecular formula is C24H19F4N5O4S. The summed E-state index contributed by atoms with van der Waals surface area (Å²) < 4.78 is 81.4. The molecule has 1 N–H and O–H groups in total. The van der Waals surface area contributed by atoms with Gasteiger partial charge in [-0.3, -0.25) is 4.98 Å². The number of benzene rings is 2. The van der Waals surface area contributed by atoms with Crippen molar-refractivity contribution in [1.82, 2.24) is 15.2 Å². The van der Waals surface area contributed by atoms with Crippen molar-refractivity contribution >= 4 is 21.2 Å². The average molecular weight is 550 g/mol. The molecule has 5 rings (SSSR count). The van der Waals surface area contributed by atoms with Gasteiger partial charge in [0.05, 0.1) is 34.1 Å². The second kappa shape index (κ2) is 9.06. The Labute approximate surface area is 213 Å². The summed E-state index contributed by atoms with van der Waals surface area (Å²) in [5.41, 5.74) is 2.23. The van der Waals surface area contributed by atoms with Crippen molar-refractivity contribution in [2.75, 3.05) is 23.1 Å². The van der Waals surface area contributed by atoms with Gasteiger partial charge in [-0.05, 0) is 35.9 Å². The van der Waals surface area contributed by atoms with E-state index in [4.69, 9.17) is 0 Å². The summed E-state index contributed by atoms with van der Waals surface area (Å²) in [6.07, 6.45) is -3.57. The fourth-order valence-electron chi connectivity index (χ4n) is 4.06. The molecule has 0 saturated heterocycles. The lowest BCUT2D eigenvalue weighted by molar-refractivity contribution is -0.156. The van der Waals surface area contributed by atoms with Gasteiger partial charge in [-0.1, -0.05) is 12.1 Å². The molecule has 0 radical (unpaired) electrons. The Morgan fingerprint density at radius 2 is 1.71 bits per heavy atom. The fraction of sp³-hybridized carbons (Fsp3) is 0.208. The molecule has 4 aromatic rings. The molecular weight excluding hydrogens is 530 g/mol. The van der Waals surface area contributed by atoms with Crippen molar-refractivity contribution in [2.45, 2.75) is 24.0 Å². The van der Waals surface area contributed by atoms with Crippen molar-refractivity contribution in [3.8, 4) is 22.6 Å². The summed E-state index contributed by atoms with van der Waals surface area (Å²) in [7, 11) is -1.78. The van der Waals surface area contributed by atoms with Crippen LogP contribution in [-0.4, -0.2) is 48.4 Å². The van der Waals surface area contributed by atoms with Crippen LogP contribution in [0.25, 0.3) is 22.6 Å². The molecule has 38 heavy (non-hydrogen) atoms. The number of hydrogen-bond acceptors (Lipinski definition) is 9. The number of aromatic nitrogens is 3. The first-order valence-electron chi connectivity index (χ1n) is 11.0. The Morgan fingerprint density at radius 1 is 1.03 bits per heavy atom. The maximum absolute atomic E-state index is 15.2. The minimum absolute atomic E-state index is 0.0538. The van der Waals surface area contributed by atoms with Crippen LogP contribution in [0, 0.1) is 5.82 Å². The normalized spacial score (nSPS) is 15.7. The fourth-order valence-corrected chi connectivity index (χ4v) is 4.70. The zero-order valence-corrected chi connectivity index (χ0v) is 20.6. The molecule has 1 atom stereocenters. The van der Waals surface area contributed by atoms with Crippen molar-refractivity contribution < 1.29 is 35.5 Å². The molecule has 1 unspecified atom stereocenters. The molecule has 0 bridgehead atoms. The molecule has 3 heterocycles. The Hall–Kier alpha value is -4.04. The molecule has 14 heteroatoms. The second-order valence-electron chi connectivity index (χ2n) is 8.65. The first-order chi connectivity index (χ1) is 17.8. The van der Waals surface area contributed by atoms with E-state index < -0.39 is 34.1 Å². The number of hydrogen-bond donors (Lipinski definition) is 1. The van der Waals surface area contributed by atoms with Gasteiger partial charge in [-0.2, -0.15) is 13.2 Å². The van der Waals surface area contributed by atoms with E-state index in [1.54, 1.807) is 13.1 Å². The number of halogens is 4. The van der Waals surface area contributed by atoms with Crippen LogP contribution >= 0.6 is 0 Å².